The first-order chi connectivity index (χ1) is 10.8. The van der Waals surface area contributed by atoms with Crippen LogP contribution in [0.3, 0.4) is 0 Å². The van der Waals surface area contributed by atoms with Crippen LogP contribution in [0.2, 0.25) is 0 Å². The van der Waals surface area contributed by atoms with E-state index in [4.69, 9.17) is 0 Å². The van der Waals surface area contributed by atoms with Crippen LogP contribution in [-0.2, 0) is 13.6 Å². The fourth-order valence-electron chi connectivity index (χ4n) is 2.78. The van der Waals surface area contributed by atoms with Gasteiger partial charge in [0.1, 0.15) is 0 Å². The highest BCUT2D eigenvalue weighted by molar-refractivity contribution is 5.79. The fourth-order valence-corrected chi connectivity index (χ4v) is 2.78. The Bertz CT molecular complexity index is 632. The largest absolute Gasteiger partial charge is 0.356 e. The molecule has 0 saturated heterocycles. The summed E-state index contributed by atoms with van der Waals surface area (Å²) in [6.45, 7) is 1.69. The van der Waals surface area contributed by atoms with Crippen molar-refractivity contribution in [1.29, 1.82) is 0 Å². The monoisotopic (exact) mass is 297 g/mol. The number of benzene rings is 1. The minimum absolute atomic E-state index is 0.698. The summed E-state index contributed by atoms with van der Waals surface area (Å²) in [6.07, 6.45) is 3.07. The van der Waals surface area contributed by atoms with Gasteiger partial charge in [0, 0.05) is 26.8 Å². The van der Waals surface area contributed by atoms with Crippen molar-refractivity contribution in [2.24, 2.45) is 18.0 Å². The Morgan fingerprint density at radius 1 is 1.27 bits per heavy atom. The zero-order chi connectivity index (χ0) is 15.4. The van der Waals surface area contributed by atoms with Crippen LogP contribution in [0.1, 0.15) is 23.6 Å². The van der Waals surface area contributed by atoms with Crippen LogP contribution in [0.5, 0.6) is 0 Å². The van der Waals surface area contributed by atoms with Gasteiger partial charge in [-0.3, -0.25) is 9.67 Å². The van der Waals surface area contributed by atoms with Gasteiger partial charge in [0.05, 0.1) is 12.2 Å². The highest BCUT2D eigenvalue weighted by Crippen LogP contribution is 2.46. The molecule has 1 heterocycles. The lowest BCUT2D eigenvalue weighted by molar-refractivity contribution is 0.675. The van der Waals surface area contributed by atoms with Gasteiger partial charge >= 0.3 is 0 Å². The standard InChI is InChI=1S/C17H23N5/c1-18-17(20-12-15-8-9-21-22(15)2)19-11-14-10-16(14)13-6-4-3-5-7-13/h3-9,14,16H,10-12H2,1-2H3,(H2,18,19,20). The highest BCUT2D eigenvalue weighted by atomic mass is 15.3. The second kappa shape index (κ2) is 6.64. The van der Waals surface area contributed by atoms with E-state index < -0.39 is 0 Å². The van der Waals surface area contributed by atoms with Crippen molar-refractivity contribution in [1.82, 2.24) is 20.4 Å². The van der Waals surface area contributed by atoms with Gasteiger partial charge in [-0.1, -0.05) is 30.3 Å². The Balaban J connectivity index is 1.44. The van der Waals surface area contributed by atoms with Crippen molar-refractivity contribution in [3.8, 4) is 0 Å². The summed E-state index contributed by atoms with van der Waals surface area (Å²) >= 11 is 0. The van der Waals surface area contributed by atoms with Gasteiger partial charge in [0.15, 0.2) is 5.96 Å². The Labute approximate surface area is 131 Å². The Morgan fingerprint density at radius 2 is 2.09 bits per heavy atom. The van der Waals surface area contributed by atoms with Gasteiger partial charge < -0.3 is 10.6 Å². The van der Waals surface area contributed by atoms with Crippen LogP contribution >= 0.6 is 0 Å². The molecule has 5 heteroatoms. The minimum Gasteiger partial charge on any atom is -0.356 e. The maximum Gasteiger partial charge on any atom is 0.191 e. The summed E-state index contributed by atoms with van der Waals surface area (Å²) in [6, 6.07) is 12.8. The average Bonchev–Trinajstić information content (AvgIpc) is 3.22. The molecule has 1 saturated carbocycles. The molecular weight excluding hydrogens is 274 g/mol. The number of hydrogen-bond acceptors (Lipinski definition) is 2. The molecule has 0 aliphatic heterocycles. The molecule has 5 nitrogen and oxygen atoms in total. The molecule has 0 bridgehead atoms. The summed E-state index contributed by atoms with van der Waals surface area (Å²) in [7, 11) is 3.75. The van der Waals surface area contributed by atoms with Crippen molar-refractivity contribution in [3.63, 3.8) is 0 Å². The first kappa shape index (κ1) is 14.6. The number of aryl methyl sites for hydroxylation is 1. The van der Waals surface area contributed by atoms with Crippen LogP contribution < -0.4 is 10.6 Å². The number of aliphatic imine (C=N–C) groups is 1. The van der Waals surface area contributed by atoms with Gasteiger partial charge in [-0.25, -0.2) is 0 Å². The minimum atomic E-state index is 0.698. The molecule has 2 aromatic rings. The highest BCUT2D eigenvalue weighted by Gasteiger charge is 2.37. The number of rotatable bonds is 5. The van der Waals surface area contributed by atoms with Crippen LogP contribution in [0.4, 0.5) is 0 Å². The summed E-state index contributed by atoms with van der Waals surface area (Å²) in [5, 5.41) is 10.9. The number of nitrogens with one attached hydrogen (secondary N) is 2. The lowest BCUT2D eigenvalue weighted by Gasteiger charge is -2.12. The number of guanidine groups is 1. The third kappa shape index (κ3) is 3.47. The van der Waals surface area contributed by atoms with E-state index in [2.05, 4.69) is 51.1 Å². The van der Waals surface area contributed by atoms with Crippen LogP contribution in [-0.4, -0.2) is 29.3 Å². The molecule has 1 aliphatic rings. The molecule has 1 aromatic carbocycles. The third-order valence-electron chi connectivity index (χ3n) is 4.27. The molecule has 0 amide bonds. The van der Waals surface area contributed by atoms with E-state index in [0.717, 1.165) is 24.7 Å². The zero-order valence-corrected chi connectivity index (χ0v) is 13.2. The summed E-state index contributed by atoms with van der Waals surface area (Å²) in [5.74, 6) is 2.25. The van der Waals surface area contributed by atoms with Crippen molar-refractivity contribution in [3.05, 3.63) is 53.9 Å². The molecule has 2 N–H and O–H groups in total. The fraction of sp³-hybridized carbons (Fsp3) is 0.412. The van der Waals surface area contributed by atoms with Gasteiger partial charge in [-0.05, 0) is 29.9 Å². The molecule has 22 heavy (non-hydrogen) atoms. The van der Waals surface area contributed by atoms with Crippen molar-refractivity contribution in [2.75, 3.05) is 13.6 Å². The topological polar surface area (TPSA) is 54.2 Å². The van der Waals surface area contributed by atoms with Crippen molar-refractivity contribution >= 4 is 5.96 Å². The maximum absolute atomic E-state index is 4.28. The summed E-state index contributed by atoms with van der Waals surface area (Å²) in [5.41, 5.74) is 2.59. The SMILES string of the molecule is CN=C(NCc1ccnn1C)NCC1CC1c1ccccc1. The Kier molecular flexibility index (Phi) is 4.42. The average molecular weight is 297 g/mol. The van der Waals surface area contributed by atoms with Crippen molar-refractivity contribution in [2.45, 2.75) is 18.9 Å². The molecule has 1 aliphatic carbocycles. The van der Waals surface area contributed by atoms with E-state index in [1.54, 1.807) is 7.05 Å². The second-order valence-corrected chi connectivity index (χ2v) is 5.77. The molecule has 2 unspecified atom stereocenters. The van der Waals surface area contributed by atoms with E-state index in [-0.39, 0.29) is 0 Å². The Hall–Kier alpha value is -2.30. The number of hydrogen-bond donors (Lipinski definition) is 2. The first-order valence-electron chi connectivity index (χ1n) is 7.74. The molecular formula is C17H23N5. The molecule has 0 spiro atoms. The second-order valence-electron chi connectivity index (χ2n) is 5.77. The molecule has 2 atom stereocenters. The van der Waals surface area contributed by atoms with Crippen molar-refractivity contribution < 1.29 is 0 Å². The zero-order valence-electron chi connectivity index (χ0n) is 13.2. The molecule has 1 fully saturated rings. The van der Waals surface area contributed by atoms with E-state index in [1.165, 1.54) is 12.0 Å². The first-order valence-corrected chi connectivity index (χ1v) is 7.74. The third-order valence-corrected chi connectivity index (χ3v) is 4.27. The van der Waals surface area contributed by atoms with Gasteiger partial charge in [-0.2, -0.15) is 5.10 Å². The molecule has 3 rings (SSSR count). The van der Waals surface area contributed by atoms with Crippen LogP contribution in [0.25, 0.3) is 0 Å². The normalized spacial score (nSPS) is 20.7. The van der Waals surface area contributed by atoms with E-state index in [9.17, 15) is 0 Å². The quantitative estimate of drug-likeness (QED) is 0.654. The predicted octanol–water partition coefficient (Wildman–Crippen LogP) is 1.89. The van der Waals surface area contributed by atoms with E-state index in [0.29, 0.717) is 11.8 Å². The molecule has 116 valence electrons. The number of nitrogens with zero attached hydrogens (tertiary/aromatic N) is 3. The van der Waals surface area contributed by atoms with E-state index >= 15 is 0 Å². The smallest absolute Gasteiger partial charge is 0.191 e. The summed E-state index contributed by atoms with van der Waals surface area (Å²) < 4.78 is 1.87. The van der Waals surface area contributed by atoms with Crippen LogP contribution in [0.15, 0.2) is 47.6 Å². The summed E-state index contributed by atoms with van der Waals surface area (Å²) in [4.78, 5) is 4.28. The van der Waals surface area contributed by atoms with E-state index in [1.807, 2.05) is 24.0 Å². The lowest BCUT2D eigenvalue weighted by Crippen LogP contribution is -2.38. The number of aromatic nitrogens is 2. The molecule has 1 aromatic heterocycles. The predicted molar refractivity (Wildman–Crippen MR) is 88.7 cm³/mol. The van der Waals surface area contributed by atoms with Gasteiger partial charge in [0.25, 0.3) is 0 Å². The van der Waals surface area contributed by atoms with Gasteiger partial charge in [0.2, 0.25) is 0 Å². The lowest BCUT2D eigenvalue weighted by atomic mass is 10.1. The van der Waals surface area contributed by atoms with Crippen LogP contribution in [0, 0.1) is 5.92 Å². The molecule has 0 radical (unpaired) electrons. The maximum atomic E-state index is 4.28. The van der Waals surface area contributed by atoms with Gasteiger partial charge in [-0.15, -0.1) is 0 Å². The Morgan fingerprint density at radius 3 is 2.77 bits per heavy atom.